The Labute approximate surface area is 94.5 Å². The number of nitrogens with one attached hydrogen (secondary N) is 1. The second-order valence-electron chi connectivity index (χ2n) is 3.94. The van der Waals surface area contributed by atoms with Crippen molar-refractivity contribution < 1.29 is 4.39 Å². The third kappa shape index (κ3) is 2.65. The molecule has 0 amide bonds. The molecular weight excluding hydrogens is 209 g/mol. The molecule has 82 valence electrons. The summed E-state index contributed by atoms with van der Waals surface area (Å²) in [6.45, 7) is 1.83. The van der Waals surface area contributed by atoms with E-state index in [9.17, 15) is 4.39 Å². The van der Waals surface area contributed by atoms with Crippen molar-refractivity contribution in [1.29, 1.82) is 0 Å². The van der Waals surface area contributed by atoms with Gasteiger partial charge in [-0.2, -0.15) is 11.8 Å². The summed E-state index contributed by atoms with van der Waals surface area (Å²) in [7, 11) is 0. The Hall–Kier alpha value is -0.700. The molecule has 0 radical (unpaired) electrons. The van der Waals surface area contributed by atoms with Gasteiger partial charge in [0.2, 0.25) is 0 Å². The van der Waals surface area contributed by atoms with Gasteiger partial charge in [-0.1, -0.05) is 6.07 Å². The molecule has 1 aromatic rings. The fraction of sp³-hybridized carbons (Fsp3) is 0.500. The second-order valence-corrected chi connectivity index (χ2v) is 5.17. The van der Waals surface area contributed by atoms with E-state index in [-0.39, 0.29) is 5.82 Å². The molecule has 0 atom stereocenters. The monoisotopic (exact) mass is 225 g/mol. The number of benzene rings is 1. The third-order valence-electron chi connectivity index (χ3n) is 2.85. The quantitative estimate of drug-likeness (QED) is 0.827. The Morgan fingerprint density at radius 1 is 1.33 bits per heavy atom. The number of anilines is 1. The van der Waals surface area contributed by atoms with Gasteiger partial charge in [-0.25, -0.2) is 4.39 Å². The summed E-state index contributed by atoms with van der Waals surface area (Å²) < 4.78 is 13.3. The van der Waals surface area contributed by atoms with Gasteiger partial charge in [0, 0.05) is 17.3 Å². The highest BCUT2D eigenvalue weighted by Gasteiger charge is 2.14. The van der Waals surface area contributed by atoms with Gasteiger partial charge in [-0.05, 0) is 43.4 Å². The number of rotatable bonds is 2. The lowest BCUT2D eigenvalue weighted by Crippen LogP contribution is -2.24. The van der Waals surface area contributed by atoms with Crippen molar-refractivity contribution in [2.45, 2.75) is 25.8 Å². The predicted molar refractivity (Wildman–Crippen MR) is 65.1 cm³/mol. The largest absolute Gasteiger partial charge is 0.382 e. The number of thioether (sulfide) groups is 1. The number of hydrogen-bond donors (Lipinski definition) is 1. The minimum atomic E-state index is -0.120. The third-order valence-corrected chi connectivity index (χ3v) is 3.90. The SMILES string of the molecule is Cc1c(F)cccc1NC1CCSCC1. The average molecular weight is 225 g/mol. The first-order valence-electron chi connectivity index (χ1n) is 5.37. The van der Waals surface area contributed by atoms with Crippen LogP contribution >= 0.6 is 11.8 Å². The summed E-state index contributed by atoms with van der Waals surface area (Å²) in [6.07, 6.45) is 2.36. The van der Waals surface area contributed by atoms with Crippen LogP contribution < -0.4 is 5.32 Å². The molecule has 1 heterocycles. The molecule has 0 bridgehead atoms. The van der Waals surface area contributed by atoms with Crippen LogP contribution in [0.3, 0.4) is 0 Å². The van der Waals surface area contributed by atoms with Gasteiger partial charge in [0.05, 0.1) is 0 Å². The molecule has 1 N–H and O–H groups in total. The Morgan fingerprint density at radius 2 is 2.07 bits per heavy atom. The second kappa shape index (κ2) is 4.88. The van der Waals surface area contributed by atoms with Gasteiger partial charge < -0.3 is 5.32 Å². The van der Waals surface area contributed by atoms with Crippen LogP contribution in [0, 0.1) is 12.7 Å². The maximum Gasteiger partial charge on any atom is 0.128 e. The molecule has 1 saturated heterocycles. The van der Waals surface area contributed by atoms with E-state index in [1.54, 1.807) is 6.07 Å². The molecule has 1 aliphatic rings. The molecule has 0 aliphatic carbocycles. The van der Waals surface area contributed by atoms with Crippen LogP contribution in [0.4, 0.5) is 10.1 Å². The van der Waals surface area contributed by atoms with E-state index in [1.807, 2.05) is 24.8 Å². The van der Waals surface area contributed by atoms with E-state index in [4.69, 9.17) is 0 Å². The van der Waals surface area contributed by atoms with E-state index in [0.29, 0.717) is 6.04 Å². The van der Waals surface area contributed by atoms with Crippen molar-refractivity contribution in [2.24, 2.45) is 0 Å². The fourth-order valence-corrected chi connectivity index (χ4v) is 2.93. The van der Waals surface area contributed by atoms with Gasteiger partial charge in [-0.15, -0.1) is 0 Å². The lowest BCUT2D eigenvalue weighted by Gasteiger charge is -2.24. The van der Waals surface area contributed by atoms with Crippen LogP contribution in [-0.2, 0) is 0 Å². The molecule has 0 spiro atoms. The molecule has 1 nitrogen and oxygen atoms in total. The molecule has 0 saturated carbocycles. The summed E-state index contributed by atoms with van der Waals surface area (Å²) in [6, 6.07) is 5.76. The zero-order valence-electron chi connectivity index (χ0n) is 8.92. The summed E-state index contributed by atoms with van der Waals surface area (Å²) in [5.41, 5.74) is 1.68. The summed E-state index contributed by atoms with van der Waals surface area (Å²) in [4.78, 5) is 0. The van der Waals surface area contributed by atoms with Crippen molar-refractivity contribution >= 4 is 17.4 Å². The minimum Gasteiger partial charge on any atom is -0.382 e. The van der Waals surface area contributed by atoms with Gasteiger partial charge in [0.1, 0.15) is 5.82 Å². The van der Waals surface area contributed by atoms with Crippen LogP contribution in [0.5, 0.6) is 0 Å². The molecular formula is C12H16FNS. The summed E-state index contributed by atoms with van der Waals surface area (Å²) in [5, 5.41) is 3.44. The molecule has 1 fully saturated rings. The van der Waals surface area contributed by atoms with Gasteiger partial charge in [-0.3, -0.25) is 0 Å². The number of hydrogen-bond acceptors (Lipinski definition) is 2. The van der Waals surface area contributed by atoms with Crippen LogP contribution in [0.25, 0.3) is 0 Å². The van der Waals surface area contributed by atoms with Crippen LogP contribution in [-0.4, -0.2) is 17.5 Å². The first-order valence-corrected chi connectivity index (χ1v) is 6.52. The molecule has 1 aromatic carbocycles. The van der Waals surface area contributed by atoms with E-state index >= 15 is 0 Å². The summed E-state index contributed by atoms with van der Waals surface area (Å²) >= 11 is 2.00. The standard InChI is InChI=1S/C12H16FNS/c1-9-11(13)3-2-4-12(9)14-10-5-7-15-8-6-10/h2-4,10,14H,5-8H2,1H3. The van der Waals surface area contributed by atoms with Crippen LogP contribution in [0.15, 0.2) is 18.2 Å². The maximum absolute atomic E-state index is 13.3. The van der Waals surface area contributed by atoms with Crippen molar-refractivity contribution in [3.63, 3.8) is 0 Å². The Bertz CT molecular complexity index is 334. The average Bonchev–Trinajstić information content (AvgIpc) is 2.26. The zero-order chi connectivity index (χ0) is 10.7. The van der Waals surface area contributed by atoms with E-state index in [0.717, 1.165) is 11.3 Å². The van der Waals surface area contributed by atoms with Crippen molar-refractivity contribution in [3.8, 4) is 0 Å². The Kier molecular flexibility index (Phi) is 3.52. The van der Waals surface area contributed by atoms with Crippen LogP contribution in [0.2, 0.25) is 0 Å². The maximum atomic E-state index is 13.3. The first kappa shape index (κ1) is 10.8. The van der Waals surface area contributed by atoms with E-state index in [1.165, 1.54) is 30.4 Å². The van der Waals surface area contributed by atoms with E-state index in [2.05, 4.69) is 5.32 Å². The van der Waals surface area contributed by atoms with Crippen molar-refractivity contribution in [2.75, 3.05) is 16.8 Å². The van der Waals surface area contributed by atoms with Crippen LogP contribution in [0.1, 0.15) is 18.4 Å². The van der Waals surface area contributed by atoms with Gasteiger partial charge >= 0.3 is 0 Å². The molecule has 0 aromatic heterocycles. The van der Waals surface area contributed by atoms with E-state index < -0.39 is 0 Å². The lowest BCUT2D eigenvalue weighted by atomic mass is 10.1. The predicted octanol–water partition coefficient (Wildman–Crippen LogP) is 3.44. The Balaban J connectivity index is 2.06. The number of halogens is 1. The fourth-order valence-electron chi connectivity index (χ4n) is 1.83. The molecule has 0 unspecified atom stereocenters. The van der Waals surface area contributed by atoms with Crippen molar-refractivity contribution in [3.05, 3.63) is 29.6 Å². The zero-order valence-corrected chi connectivity index (χ0v) is 9.74. The van der Waals surface area contributed by atoms with Gasteiger partial charge in [0.15, 0.2) is 0 Å². The highest BCUT2D eigenvalue weighted by Crippen LogP contribution is 2.23. The molecule has 2 rings (SSSR count). The molecule has 15 heavy (non-hydrogen) atoms. The van der Waals surface area contributed by atoms with Crippen molar-refractivity contribution in [1.82, 2.24) is 0 Å². The molecule has 3 heteroatoms. The highest BCUT2D eigenvalue weighted by molar-refractivity contribution is 7.99. The Morgan fingerprint density at radius 3 is 2.80 bits per heavy atom. The minimum absolute atomic E-state index is 0.120. The summed E-state index contributed by atoms with van der Waals surface area (Å²) in [5.74, 6) is 2.31. The first-order chi connectivity index (χ1) is 7.27. The lowest BCUT2D eigenvalue weighted by molar-refractivity contribution is 0.616. The van der Waals surface area contributed by atoms with Gasteiger partial charge in [0.25, 0.3) is 0 Å². The normalized spacial score (nSPS) is 17.7. The topological polar surface area (TPSA) is 12.0 Å². The smallest absolute Gasteiger partial charge is 0.128 e. The molecule has 1 aliphatic heterocycles. The highest BCUT2D eigenvalue weighted by atomic mass is 32.2.